The normalized spacial score (nSPS) is 12.5. The third-order valence-corrected chi connectivity index (χ3v) is 3.76. The van der Waals surface area contributed by atoms with Gasteiger partial charge in [-0.3, -0.25) is 9.36 Å². The molecule has 0 aliphatic rings. The van der Waals surface area contributed by atoms with Crippen molar-refractivity contribution < 1.29 is 0 Å². The summed E-state index contributed by atoms with van der Waals surface area (Å²) in [5.74, 6) is 0. The molecule has 0 amide bonds. The van der Waals surface area contributed by atoms with Gasteiger partial charge in [0.1, 0.15) is 0 Å². The Balaban J connectivity index is 2.47. The predicted octanol–water partition coefficient (Wildman–Crippen LogP) is 3.32. The van der Waals surface area contributed by atoms with Crippen LogP contribution in [0.3, 0.4) is 0 Å². The van der Waals surface area contributed by atoms with Crippen molar-refractivity contribution in [3.8, 4) is 5.69 Å². The highest BCUT2D eigenvalue weighted by atomic mass is 16.1. The van der Waals surface area contributed by atoms with Crippen LogP contribution in [0.5, 0.6) is 0 Å². The zero-order valence-electron chi connectivity index (χ0n) is 12.2. The van der Waals surface area contributed by atoms with Gasteiger partial charge in [0.15, 0.2) is 0 Å². The van der Waals surface area contributed by atoms with Gasteiger partial charge >= 0.3 is 0 Å². The van der Waals surface area contributed by atoms with Crippen LogP contribution in [0, 0.1) is 6.92 Å². The maximum absolute atomic E-state index is 13.0. The van der Waals surface area contributed by atoms with E-state index in [1.807, 2.05) is 68.4 Å². The van der Waals surface area contributed by atoms with Crippen LogP contribution in [0.2, 0.25) is 0 Å². The zero-order chi connectivity index (χ0) is 15.0. The van der Waals surface area contributed by atoms with Gasteiger partial charge < -0.3 is 5.73 Å². The average molecular weight is 278 g/mol. The van der Waals surface area contributed by atoms with Crippen LogP contribution in [-0.2, 0) is 0 Å². The van der Waals surface area contributed by atoms with E-state index in [0.717, 1.165) is 27.7 Å². The molecule has 3 aromatic rings. The van der Waals surface area contributed by atoms with Gasteiger partial charge in [0.25, 0.3) is 5.56 Å². The summed E-state index contributed by atoms with van der Waals surface area (Å²) >= 11 is 0. The lowest BCUT2D eigenvalue weighted by atomic mass is 10.0. The molecule has 3 heteroatoms. The Labute approximate surface area is 123 Å². The Hall–Kier alpha value is -2.39. The Morgan fingerprint density at radius 1 is 1.05 bits per heavy atom. The molecule has 3 nitrogen and oxygen atoms in total. The first-order valence-corrected chi connectivity index (χ1v) is 7.06. The van der Waals surface area contributed by atoms with E-state index in [-0.39, 0.29) is 11.6 Å². The SMILES string of the molecule is Cc1cccc2cc(C(C)N)n(-c3ccccc3)c(=O)c12. The summed E-state index contributed by atoms with van der Waals surface area (Å²) in [5.41, 5.74) is 8.74. The first-order chi connectivity index (χ1) is 10.1. The fourth-order valence-electron chi connectivity index (χ4n) is 2.73. The monoisotopic (exact) mass is 278 g/mol. The molecule has 1 heterocycles. The number of rotatable bonds is 2. The summed E-state index contributed by atoms with van der Waals surface area (Å²) in [6.07, 6.45) is 0. The number of benzene rings is 2. The lowest BCUT2D eigenvalue weighted by molar-refractivity contribution is 0.734. The standard InChI is InChI=1S/C18H18N2O/c1-12-7-6-8-14-11-16(13(2)19)20(18(21)17(12)14)15-9-4-3-5-10-15/h3-11,13H,19H2,1-2H3. The van der Waals surface area contributed by atoms with Crippen LogP contribution in [0.15, 0.2) is 59.4 Å². The molecule has 106 valence electrons. The fraction of sp³-hybridized carbons (Fsp3) is 0.167. The molecule has 0 fully saturated rings. The van der Waals surface area contributed by atoms with Crippen molar-refractivity contribution in [1.82, 2.24) is 4.57 Å². The molecule has 0 aliphatic heterocycles. The maximum atomic E-state index is 13.0. The van der Waals surface area contributed by atoms with Gasteiger partial charge in [-0.2, -0.15) is 0 Å². The molecule has 2 N–H and O–H groups in total. The van der Waals surface area contributed by atoms with Crippen LogP contribution in [0.1, 0.15) is 24.2 Å². The van der Waals surface area contributed by atoms with Crippen molar-refractivity contribution in [2.75, 3.05) is 0 Å². The largest absolute Gasteiger partial charge is 0.323 e. The van der Waals surface area contributed by atoms with Crippen molar-refractivity contribution in [1.29, 1.82) is 0 Å². The molecule has 1 atom stereocenters. The molecule has 0 saturated carbocycles. The second-order valence-corrected chi connectivity index (χ2v) is 5.37. The number of para-hydroxylation sites is 1. The summed E-state index contributed by atoms with van der Waals surface area (Å²) in [4.78, 5) is 13.0. The van der Waals surface area contributed by atoms with E-state index in [1.54, 1.807) is 4.57 Å². The van der Waals surface area contributed by atoms with Crippen molar-refractivity contribution in [2.45, 2.75) is 19.9 Å². The Kier molecular flexibility index (Phi) is 3.35. The van der Waals surface area contributed by atoms with Crippen LogP contribution in [-0.4, -0.2) is 4.57 Å². The van der Waals surface area contributed by atoms with E-state index in [0.29, 0.717) is 0 Å². The number of hydrogen-bond donors (Lipinski definition) is 1. The lowest BCUT2D eigenvalue weighted by Crippen LogP contribution is -2.26. The first kappa shape index (κ1) is 13.6. The topological polar surface area (TPSA) is 48.0 Å². The van der Waals surface area contributed by atoms with Gasteiger partial charge in [-0.15, -0.1) is 0 Å². The minimum atomic E-state index is -0.220. The van der Waals surface area contributed by atoms with Crippen LogP contribution >= 0.6 is 0 Å². The molecule has 0 spiro atoms. The molecule has 2 aromatic carbocycles. The number of hydrogen-bond acceptors (Lipinski definition) is 2. The summed E-state index contributed by atoms with van der Waals surface area (Å²) in [6.45, 7) is 3.86. The number of nitrogens with zero attached hydrogens (tertiary/aromatic N) is 1. The zero-order valence-corrected chi connectivity index (χ0v) is 12.2. The van der Waals surface area contributed by atoms with E-state index >= 15 is 0 Å². The third kappa shape index (κ3) is 2.26. The molecular formula is C18H18N2O. The van der Waals surface area contributed by atoms with E-state index in [4.69, 9.17) is 5.73 Å². The molecular weight excluding hydrogens is 260 g/mol. The second kappa shape index (κ2) is 5.19. The number of nitrogens with two attached hydrogens (primary N) is 1. The second-order valence-electron chi connectivity index (χ2n) is 5.37. The highest BCUT2D eigenvalue weighted by molar-refractivity contribution is 5.85. The summed E-state index contributed by atoms with van der Waals surface area (Å²) in [7, 11) is 0. The average Bonchev–Trinajstić information content (AvgIpc) is 2.47. The highest BCUT2D eigenvalue weighted by Crippen LogP contribution is 2.21. The molecule has 3 rings (SSSR count). The maximum Gasteiger partial charge on any atom is 0.263 e. The van der Waals surface area contributed by atoms with Crippen LogP contribution in [0.25, 0.3) is 16.5 Å². The molecule has 0 radical (unpaired) electrons. The Morgan fingerprint density at radius 3 is 2.43 bits per heavy atom. The van der Waals surface area contributed by atoms with E-state index in [2.05, 4.69) is 0 Å². The van der Waals surface area contributed by atoms with Crippen molar-refractivity contribution >= 4 is 10.8 Å². The van der Waals surface area contributed by atoms with Crippen molar-refractivity contribution in [3.05, 3.63) is 76.2 Å². The fourth-order valence-corrected chi connectivity index (χ4v) is 2.73. The van der Waals surface area contributed by atoms with Crippen molar-refractivity contribution in [3.63, 3.8) is 0 Å². The van der Waals surface area contributed by atoms with Crippen molar-refractivity contribution in [2.24, 2.45) is 5.73 Å². The molecule has 0 saturated heterocycles. The number of aromatic nitrogens is 1. The van der Waals surface area contributed by atoms with E-state index in [1.165, 1.54) is 0 Å². The molecule has 0 aliphatic carbocycles. The van der Waals surface area contributed by atoms with Gasteiger partial charge in [-0.05, 0) is 43.0 Å². The summed E-state index contributed by atoms with van der Waals surface area (Å²) in [5, 5.41) is 1.70. The molecule has 0 bridgehead atoms. The lowest BCUT2D eigenvalue weighted by Gasteiger charge is -2.17. The Morgan fingerprint density at radius 2 is 1.76 bits per heavy atom. The Bertz CT molecular complexity index is 848. The number of fused-ring (bicyclic) bond motifs is 1. The third-order valence-electron chi connectivity index (χ3n) is 3.76. The quantitative estimate of drug-likeness (QED) is 0.781. The van der Waals surface area contributed by atoms with Gasteiger partial charge in [0, 0.05) is 17.4 Å². The van der Waals surface area contributed by atoms with Gasteiger partial charge in [-0.25, -0.2) is 0 Å². The minimum absolute atomic E-state index is 0.0101. The van der Waals surface area contributed by atoms with Crippen LogP contribution < -0.4 is 11.3 Å². The highest BCUT2D eigenvalue weighted by Gasteiger charge is 2.14. The minimum Gasteiger partial charge on any atom is -0.323 e. The smallest absolute Gasteiger partial charge is 0.263 e. The summed E-state index contributed by atoms with van der Waals surface area (Å²) in [6, 6.07) is 17.3. The first-order valence-electron chi connectivity index (χ1n) is 7.06. The molecule has 1 aromatic heterocycles. The van der Waals surface area contributed by atoms with Crippen LogP contribution in [0.4, 0.5) is 0 Å². The predicted molar refractivity (Wildman–Crippen MR) is 86.9 cm³/mol. The van der Waals surface area contributed by atoms with Gasteiger partial charge in [-0.1, -0.05) is 36.4 Å². The summed E-state index contributed by atoms with van der Waals surface area (Å²) < 4.78 is 1.72. The van der Waals surface area contributed by atoms with E-state index in [9.17, 15) is 4.79 Å². The molecule has 21 heavy (non-hydrogen) atoms. The van der Waals surface area contributed by atoms with Gasteiger partial charge in [0.05, 0.1) is 5.39 Å². The van der Waals surface area contributed by atoms with Gasteiger partial charge in [0.2, 0.25) is 0 Å². The van der Waals surface area contributed by atoms with E-state index < -0.39 is 0 Å². The number of pyridine rings is 1. The number of aryl methyl sites for hydroxylation is 1. The molecule has 1 unspecified atom stereocenters.